The molecule has 0 aliphatic rings. The predicted molar refractivity (Wildman–Crippen MR) is 57.7 cm³/mol. The number of nitro groups is 1. The topological polar surface area (TPSA) is 152 Å². The van der Waals surface area contributed by atoms with Crippen LogP contribution >= 0.6 is 11.6 Å². The summed E-state index contributed by atoms with van der Waals surface area (Å²) in [7, 11) is -9.97. The first-order valence-corrected chi connectivity index (χ1v) is 7.13. The van der Waals surface area contributed by atoms with Crippen molar-refractivity contribution in [3.63, 3.8) is 0 Å². The summed E-state index contributed by atoms with van der Waals surface area (Å²) in [6, 6.07) is 0.735. The van der Waals surface area contributed by atoms with Crippen molar-refractivity contribution < 1.29 is 60.4 Å². The molecule has 100 valence electrons. The van der Waals surface area contributed by atoms with Gasteiger partial charge >= 0.3 is 29.6 Å². The van der Waals surface area contributed by atoms with Gasteiger partial charge in [-0.2, -0.15) is 16.8 Å². The number of nitrogens with zero attached hydrogens (tertiary/aromatic N) is 1. The van der Waals surface area contributed by atoms with E-state index in [1.807, 2.05) is 0 Å². The third kappa shape index (κ3) is 4.36. The van der Waals surface area contributed by atoms with Gasteiger partial charge in [-0.15, -0.1) is 0 Å². The van der Waals surface area contributed by atoms with Gasteiger partial charge in [0.2, 0.25) is 0 Å². The van der Waals surface area contributed by atoms with Crippen molar-refractivity contribution in [1.82, 2.24) is 0 Å². The van der Waals surface area contributed by atoms with E-state index < -0.39 is 45.7 Å². The van der Waals surface area contributed by atoms with E-state index in [4.69, 9.17) is 20.7 Å². The van der Waals surface area contributed by atoms with E-state index in [1.54, 1.807) is 0 Å². The van der Waals surface area contributed by atoms with E-state index in [-0.39, 0.29) is 29.6 Å². The second-order valence-corrected chi connectivity index (χ2v) is 6.12. The fraction of sp³-hybridized carbons (Fsp3) is 0. The van der Waals surface area contributed by atoms with Crippen molar-refractivity contribution in [2.45, 2.75) is 9.79 Å². The molecule has 9 nitrogen and oxygen atoms in total. The molecular weight excluding hydrogens is 337 g/mol. The van der Waals surface area contributed by atoms with E-state index in [2.05, 4.69) is 0 Å². The van der Waals surface area contributed by atoms with Crippen molar-refractivity contribution in [2.24, 2.45) is 0 Å². The van der Waals surface area contributed by atoms with E-state index >= 15 is 0 Å². The number of benzene rings is 1. The molecule has 0 spiro atoms. The molecule has 0 saturated heterocycles. The first kappa shape index (κ1) is 18.7. The zero-order chi connectivity index (χ0) is 14.3. The minimum Gasteiger partial charge on any atom is -0.282 e. The summed E-state index contributed by atoms with van der Waals surface area (Å²) < 4.78 is 61.0. The number of hydrogen-bond donors (Lipinski definition) is 2. The normalized spacial score (nSPS) is 11.7. The molecular formula is C6H4ClNNaO8S2+. The second kappa shape index (κ2) is 6.01. The maximum Gasteiger partial charge on any atom is 1.00 e. The van der Waals surface area contributed by atoms with Gasteiger partial charge in [0.1, 0.15) is 9.79 Å². The Morgan fingerprint density at radius 3 is 1.58 bits per heavy atom. The van der Waals surface area contributed by atoms with E-state index in [9.17, 15) is 26.9 Å². The van der Waals surface area contributed by atoms with Gasteiger partial charge in [0.25, 0.3) is 25.9 Å². The summed E-state index contributed by atoms with van der Waals surface area (Å²) in [5.41, 5.74) is -0.973. The molecule has 1 aromatic rings. The molecule has 1 rings (SSSR count). The summed E-state index contributed by atoms with van der Waals surface area (Å²) in [5, 5.41) is 9.44. The molecule has 19 heavy (non-hydrogen) atoms. The quantitative estimate of drug-likeness (QED) is 0.271. The molecule has 0 aliphatic carbocycles. The Bertz CT molecular complexity index is 675. The van der Waals surface area contributed by atoms with Gasteiger partial charge in [-0.25, -0.2) is 0 Å². The second-order valence-electron chi connectivity index (χ2n) is 2.96. The molecule has 0 aromatic heterocycles. The van der Waals surface area contributed by atoms with Gasteiger partial charge in [0.15, 0.2) is 0 Å². The van der Waals surface area contributed by atoms with Crippen LogP contribution in [-0.4, -0.2) is 30.9 Å². The third-order valence-electron chi connectivity index (χ3n) is 1.76. The fourth-order valence-corrected chi connectivity index (χ4v) is 3.01. The van der Waals surface area contributed by atoms with Gasteiger partial charge in [0.05, 0.1) is 9.95 Å². The van der Waals surface area contributed by atoms with Crippen LogP contribution in [0.15, 0.2) is 21.9 Å². The fourth-order valence-electron chi connectivity index (χ4n) is 1.04. The summed E-state index contributed by atoms with van der Waals surface area (Å²) in [5.74, 6) is 0. The maximum absolute atomic E-state index is 10.9. The Hall–Kier alpha value is -0.270. The van der Waals surface area contributed by atoms with Crippen molar-refractivity contribution >= 4 is 37.5 Å². The maximum atomic E-state index is 10.9. The molecule has 2 N–H and O–H groups in total. The Morgan fingerprint density at radius 1 is 1.05 bits per heavy atom. The Labute approximate surface area is 134 Å². The van der Waals surface area contributed by atoms with Crippen LogP contribution in [0.5, 0.6) is 0 Å². The molecule has 0 unspecified atom stereocenters. The van der Waals surface area contributed by atoms with Crippen molar-refractivity contribution in [3.05, 3.63) is 27.3 Å². The average molecular weight is 341 g/mol. The summed E-state index contributed by atoms with van der Waals surface area (Å²) in [6.07, 6.45) is 0. The molecule has 0 saturated carbocycles. The zero-order valence-corrected chi connectivity index (χ0v) is 13.5. The van der Waals surface area contributed by atoms with E-state index in [0.29, 0.717) is 12.1 Å². The van der Waals surface area contributed by atoms with Crippen molar-refractivity contribution in [1.29, 1.82) is 0 Å². The molecule has 0 radical (unpaired) electrons. The average Bonchev–Trinajstić information content (AvgIpc) is 2.13. The van der Waals surface area contributed by atoms with Crippen molar-refractivity contribution in [3.8, 4) is 0 Å². The summed E-state index contributed by atoms with van der Waals surface area (Å²) in [4.78, 5) is 6.99. The van der Waals surface area contributed by atoms with Crippen LogP contribution in [0.1, 0.15) is 0 Å². The number of halogens is 1. The molecule has 0 heterocycles. The standard InChI is InChI=1S/C6H4ClNO8S2.Na/c7-6-4(17(11,12)13)1-3(8(9)10)2-5(6)18(14,15)16;/h1-2H,(H,11,12,13)(H,14,15,16);/q;+1. The van der Waals surface area contributed by atoms with Crippen LogP contribution in [0.25, 0.3) is 0 Å². The van der Waals surface area contributed by atoms with Crippen LogP contribution in [0.4, 0.5) is 5.69 Å². The summed E-state index contributed by atoms with van der Waals surface area (Å²) >= 11 is 5.35. The first-order chi connectivity index (χ1) is 7.94. The first-order valence-electron chi connectivity index (χ1n) is 3.87. The van der Waals surface area contributed by atoms with E-state index in [0.717, 1.165) is 0 Å². The van der Waals surface area contributed by atoms with Gasteiger partial charge in [-0.1, -0.05) is 11.6 Å². The minimum atomic E-state index is -4.98. The minimum absolute atomic E-state index is 0. The van der Waals surface area contributed by atoms with Gasteiger partial charge in [0, 0.05) is 12.1 Å². The number of hydrogen-bond acceptors (Lipinski definition) is 6. The van der Waals surface area contributed by atoms with E-state index in [1.165, 1.54) is 0 Å². The number of rotatable bonds is 3. The largest absolute Gasteiger partial charge is 1.00 e. The molecule has 0 fully saturated rings. The van der Waals surface area contributed by atoms with Crippen LogP contribution in [-0.2, 0) is 20.2 Å². The Morgan fingerprint density at radius 2 is 1.37 bits per heavy atom. The molecule has 0 bridgehead atoms. The predicted octanol–water partition coefficient (Wildman–Crippen LogP) is -2.25. The molecule has 0 atom stereocenters. The molecule has 13 heteroatoms. The molecule has 1 aromatic carbocycles. The van der Waals surface area contributed by atoms with Crippen LogP contribution in [0.2, 0.25) is 5.02 Å². The Kier molecular flexibility index (Phi) is 5.93. The van der Waals surface area contributed by atoms with Crippen LogP contribution in [0.3, 0.4) is 0 Å². The van der Waals surface area contributed by atoms with Crippen LogP contribution in [0, 0.1) is 10.1 Å². The monoisotopic (exact) mass is 340 g/mol. The molecule has 0 amide bonds. The number of non-ortho nitro benzene ring substituents is 1. The van der Waals surface area contributed by atoms with Crippen LogP contribution < -0.4 is 29.6 Å². The third-order valence-corrected chi connectivity index (χ3v) is 4.14. The Balaban J connectivity index is 0.00000324. The van der Waals surface area contributed by atoms with Gasteiger partial charge in [-0.3, -0.25) is 19.2 Å². The SMILES string of the molecule is O=[N+]([O-])c1cc(S(=O)(=O)O)c(Cl)c(S(=O)(=O)O)c1.[Na+]. The summed E-state index contributed by atoms with van der Waals surface area (Å²) in [6.45, 7) is 0. The molecule has 0 aliphatic heterocycles. The smallest absolute Gasteiger partial charge is 0.282 e. The van der Waals surface area contributed by atoms with Gasteiger partial charge in [-0.05, 0) is 0 Å². The zero-order valence-electron chi connectivity index (χ0n) is 9.14. The van der Waals surface area contributed by atoms with Crippen molar-refractivity contribution in [2.75, 3.05) is 0 Å². The van der Waals surface area contributed by atoms with Gasteiger partial charge < -0.3 is 0 Å². The number of nitro benzene ring substituents is 1.